The first-order chi connectivity index (χ1) is 6.91. The van der Waals surface area contributed by atoms with Crippen LogP contribution in [0.4, 0.5) is 9.59 Å². The molecule has 0 radical (unpaired) electrons. The fourth-order valence-electron chi connectivity index (χ4n) is 1.58. The van der Waals surface area contributed by atoms with E-state index in [9.17, 15) is 0 Å². The van der Waals surface area contributed by atoms with Crippen LogP contribution in [0.3, 0.4) is 0 Å². The minimum Gasteiger partial charge on any atom is -0.450 e. The quantitative estimate of drug-likeness (QED) is 0.492. The van der Waals surface area contributed by atoms with Gasteiger partial charge in [0.05, 0.1) is 12.2 Å². The number of hydrogen-bond donors (Lipinski definition) is 4. The molecule has 2 aliphatic rings. The average molecular weight is 222 g/mol. The van der Waals surface area contributed by atoms with Crippen molar-refractivity contribution in [3.63, 3.8) is 0 Å². The lowest BCUT2D eigenvalue weighted by Gasteiger charge is -2.00. The van der Waals surface area contributed by atoms with Crippen LogP contribution in [0.25, 0.3) is 0 Å². The van der Waals surface area contributed by atoms with Crippen LogP contribution in [0.15, 0.2) is 0 Å². The lowest BCUT2D eigenvalue weighted by atomic mass is 10.0. The van der Waals surface area contributed by atoms with Crippen LogP contribution < -0.4 is 0 Å². The standard InChI is InChI=1S/C6H10O.2CH2O3/c1-2-6-4-3-5(1)7-6;2*2-1(3)4/h5-6H,1-4H2;2*(H2,2,3,4). The molecule has 2 bridgehead atoms. The Hall–Kier alpha value is -1.50. The molecule has 0 aromatic heterocycles. The highest BCUT2D eigenvalue weighted by molar-refractivity contribution is 5.53. The van der Waals surface area contributed by atoms with Gasteiger partial charge < -0.3 is 25.2 Å². The van der Waals surface area contributed by atoms with Crippen LogP contribution in [-0.4, -0.2) is 44.9 Å². The van der Waals surface area contributed by atoms with Gasteiger partial charge in [-0.25, -0.2) is 9.59 Å². The smallest absolute Gasteiger partial charge is 0.450 e. The molecule has 0 aromatic carbocycles. The number of rotatable bonds is 0. The van der Waals surface area contributed by atoms with Gasteiger partial charge in [-0.05, 0) is 25.7 Å². The first-order valence-corrected chi connectivity index (χ1v) is 4.41. The minimum absolute atomic E-state index is 0.671. The molecular weight excluding hydrogens is 208 g/mol. The van der Waals surface area contributed by atoms with Crippen LogP contribution >= 0.6 is 0 Å². The van der Waals surface area contributed by atoms with E-state index >= 15 is 0 Å². The third kappa shape index (κ3) is 8.82. The Bertz CT molecular complexity index is 177. The van der Waals surface area contributed by atoms with Crippen LogP contribution in [0.2, 0.25) is 0 Å². The van der Waals surface area contributed by atoms with E-state index in [0.717, 1.165) is 0 Å². The van der Waals surface area contributed by atoms with E-state index in [-0.39, 0.29) is 0 Å². The number of carboxylic acid groups (broad SMARTS) is 4. The van der Waals surface area contributed by atoms with Gasteiger partial charge in [-0.3, -0.25) is 0 Å². The highest BCUT2D eigenvalue weighted by Gasteiger charge is 2.31. The lowest BCUT2D eigenvalue weighted by molar-refractivity contribution is 0.105. The number of hydrogen-bond acceptors (Lipinski definition) is 3. The van der Waals surface area contributed by atoms with E-state index in [4.69, 9.17) is 34.8 Å². The van der Waals surface area contributed by atoms with Crippen LogP contribution in [-0.2, 0) is 4.74 Å². The van der Waals surface area contributed by atoms with Gasteiger partial charge in [0.15, 0.2) is 0 Å². The minimum atomic E-state index is -1.83. The summed E-state index contributed by atoms with van der Waals surface area (Å²) in [4.78, 5) is 17.1. The van der Waals surface area contributed by atoms with Crippen LogP contribution in [0.5, 0.6) is 0 Å². The van der Waals surface area contributed by atoms with Crippen molar-refractivity contribution in [2.45, 2.75) is 37.9 Å². The molecule has 0 amide bonds. The molecule has 4 N–H and O–H groups in total. The van der Waals surface area contributed by atoms with Gasteiger partial charge in [0.25, 0.3) is 0 Å². The van der Waals surface area contributed by atoms with Crippen molar-refractivity contribution in [3.05, 3.63) is 0 Å². The summed E-state index contributed by atoms with van der Waals surface area (Å²) >= 11 is 0. The SMILES string of the molecule is C1CC2CCC1O2.O=C(O)O.O=C(O)O. The maximum atomic E-state index is 8.56. The average Bonchev–Trinajstić information content (AvgIpc) is 2.62. The molecule has 0 spiro atoms. The van der Waals surface area contributed by atoms with Gasteiger partial charge in [-0.15, -0.1) is 0 Å². The molecule has 7 heteroatoms. The molecule has 88 valence electrons. The van der Waals surface area contributed by atoms with Gasteiger partial charge in [0.2, 0.25) is 0 Å². The van der Waals surface area contributed by atoms with E-state index in [1.54, 1.807) is 0 Å². The Labute approximate surface area is 85.9 Å². The Morgan fingerprint density at radius 3 is 1.07 bits per heavy atom. The summed E-state index contributed by atoms with van der Waals surface area (Å²) < 4.78 is 5.47. The number of ether oxygens (including phenoxy) is 1. The molecule has 0 aliphatic carbocycles. The second-order valence-corrected chi connectivity index (χ2v) is 3.10. The zero-order chi connectivity index (χ0) is 11.8. The van der Waals surface area contributed by atoms with E-state index < -0.39 is 12.3 Å². The van der Waals surface area contributed by atoms with E-state index in [0.29, 0.717) is 12.2 Å². The van der Waals surface area contributed by atoms with Crippen LogP contribution in [0, 0.1) is 0 Å². The van der Waals surface area contributed by atoms with Crippen molar-refractivity contribution in [2.75, 3.05) is 0 Å². The van der Waals surface area contributed by atoms with Gasteiger partial charge in [0, 0.05) is 0 Å². The molecular formula is C8H14O7. The Morgan fingerprint density at radius 1 is 0.800 bits per heavy atom. The van der Waals surface area contributed by atoms with Crippen molar-refractivity contribution in [1.82, 2.24) is 0 Å². The lowest BCUT2D eigenvalue weighted by Crippen LogP contribution is -1.98. The molecule has 2 fully saturated rings. The third-order valence-corrected chi connectivity index (χ3v) is 2.01. The Morgan fingerprint density at radius 2 is 1.00 bits per heavy atom. The third-order valence-electron chi connectivity index (χ3n) is 2.01. The number of carbonyl (C=O) groups is 2. The molecule has 15 heavy (non-hydrogen) atoms. The maximum Gasteiger partial charge on any atom is 0.503 e. The maximum absolute atomic E-state index is 8.56. The van der Waals surface area contributed by atoms with Gasteiger partial charge in [-0.2, -0.15) is 0 Å². The van der Waals surface area contributed by atoms with Crippen molar-refractivity contribution >= 4 is 12.3 Å². The highest BCUT2D eigenvalue weighted by Crippen LogP contribution is 2.33. The second kappa shape index (κ2) is 6.88. The molecule has 7 nitrogen and oxygen atoms in total. The molecule has 2 rings (SSSR count). The first-order valence-electron chi connectivity index (χ1n) is 4.41. The van der Waals surface area contributed by atoms with Crippen molar-refractivity contribution in [2.24, 2.45) is 0 Å². The molecule has 0 unspecified atom stereocenters. The number of fused-ring (bicyclic) bond motifs is 2. The molecule has 2 aliphatic heterocycles. The summed E-state index contributed by atoms with van der Waals surface area (Å²) in [7, 11) is 0. The summed E-state index contributed by atoms with van der Waals surface area (Å²) in [6.07, 6.45) is 3.03. The fourth-order valence-corrected chi connectivity index (χ4v) is 1.58. The first kappa shape index (κ1) is 13.5. The largest absolute Gasteiger partial charge is 0.503 e. The van der Waals surface area contributed by atoms with Crippen molar-refractivity contribution < 1.29 is 34.8 Å². The Balaban J connectivity index is 0.000000216. The predicted octanol–water partition coefficient (Wildman–Crippen LogP) is 1.77. The normalized spacial score (nSPS) is 25.6. The summed E-state index contributed by atoms with van der Waals surface area (Å²) in [5, 5.41) is 27.9. The Kier molecular flexibility index (Phi) is 6.19. The molecule has 0 saturated carbocycles. The fraction of sp³-hybridized carbons (Fsp3) is 0.750. The zero-order valence-electron chi connectivity index (χ0n) is 8.00. The van der Waals surface area contributed by atoms with E-state index in [1.807, 2.05) is 0 Å². The summed E-state index contributed by atoms with van der Waals surface area (Å²) in [5.74, 6) is 0. The second-order valence-electron chi connectivity index (χ2n) is 3.10. The molecule has 2 heterocycles. The molecule has 0 aromatic rings. The van der Waals surface area contributed by atoms with E-state index in [1.165, 1.54) is 25.7 Å². The van der Waals surface area contributed by atoms with E-state index in [2.05, 4.69) is 0 Å². The predicted molar refractivity (Wildman–Crippen MR) is 48.4 cm³/mol. The van der Waals surface area contributed by atoms with Crippen LogP contribution in [0.1, 0.15) is 25.7 Å². The topological polar surface area (TPSA) is 124 Å². The monoisotopic (exact) mass is 222 g/mol. The summed E-state index contributed by atoms with van der Waals surface area (Å²) in [6, 6.07) is 0. The summed E-state index contributed by atoms with van der Waals surface area (Å²) in [6.45, 7) is 0. The molecule has 0 atom stereocenters. The summed E-state index contributed by atoms with van der Waals surface area (Å²) in [5.41, 5.74) is 0. The van der Waals surface area contributed by atoms with Gasteiger partial charge >= 0.3 is 12.3 Å². The van der Waals surface area contributed by atoms with Gasteiger partial charge in [0.1, 0.15) is 0 Å². The zero-order valence-corrected chi connectivity index (χ0v) is 8.00. The molecule has 2 saturated heterocycles. The van der Waals surface area contributed by atoms with Gasteiger partial charge in [-0.1, -0.05) is 0 Å². The van der Waals surface area contributed by atoms with Crippen molar-refractivity contribution in [3.8, 4) is 0 Å². The highest BCUT2D eigenvalue weighted by atomic mass is 16.6. The van der Waals surface area contributed by atoms with Crippen molar-refractivity contribution in [1.29, 1.82) is 0 Å².